The smallest absolute Gasteiger partial charge is 0.257 e. The maximum atomic E-state index is 13.2. The highest BCUT2D eigenvalue weighted by molar-refractivity contribution is 6.31. The SMILES string of the molecule is Cl.O.O=C1Nc2cc(Cl)ccc2N(C(=O)CCCCCNC2CCCC2)c2ccccc21. The fourth-order valence-electron chi connectivity index (χ4n) is 4.38. The first kappa shape index (κ1) is 26.1. The van der Waals surface area contributed by atoms with Crippen molar-refractivity contribution >= 4 is 52.9 Å². The van der Waals surface area contributed by atoms with Crippen LogP contribution in [0, 0.1) is 0 Å². The van der Waals surface area contributed by atoms with E-state index >= 15 is 0 Å². The van der Waals surface area contributed by atoms with Gasteiger partial charge in [0.2, 0.25) is 5.91 Å². The van der Waals surface area contributed by atoms with Crippen molar-refractivity contribution < 1.29 is 15.1 Å². The van der Waals surface area contributed by atoms with E-state index in [1.807, 2.05) is 12.1 Å². The van der Waals surface area contributed by atoms with Gasteiger partial charge in [-0.1, -0.05) is 43.0 Å². The van der Waals surface area contributed by atoms with Gasteiger partial charge in [-0.05, 0) is 62.6 Å². The van der Waals surface area contributed by atoms with Gasteiger partial charge in [-0.3, -0.25) is 14.5 Å². The second-order valence-electron chi connectivity index (χ2n) is 8.11. The normalized spacial score (nSPS) is 15.0. The largest absolute Gasteiger partial charge is 0.412 e. The van der Waals surface area contributed by atoms with Crippen LogP contribution in [0.2, 0.25) is 5.02 Å². The van der Waals surface area contributed by atoms with Gasteiger partial charge < -0.3 is 16.1 Å². The second-order valence-corrected chi connectivity index (χ2v) is 8.54. The Balaban J connectivity index is 0.00000181. The number of halogens is 2. The summed E-state index contributed by atoms with van der Waals surface area (Å²) in [6, 6.07) is 13.1. The topological polar surface area (TPSA) is 92.9 Å². The van der Waals surface area contributed by atoms with Crippen molar-refractivity contribution in [1.82, 2.24) is 5.32 Å². The molecule has 2 aromatic carbocycles. The van der Waals surface area contributed by atoms with Crippen molar-refractivity contribution in [3.8, 4) is 0 Å². The minimum absolute atomic E-state index is 0. The van der Waals surface area contributed by atoms with Gasteiger partial charge >= 0.3 is 0 Å². The van der Waals surface area contributed by atoms with Crippen molar-refractivity contribution in [1.29, 1.82) is 0 Å². The van der Waals surface area contributed by atoms with Gasteiger partial charge in [0.05, 0.1) is 22.6 Å². The number of nitrogens with one attached hydrogen (secondary N) is 2. The molecule has 2 amide bonds. The molecule has 0 bridgehead atoms. The minimum Gasteiger partial charge on any atom is -0.412 e. The minimum atomic E-state index is -0.234. The summed E-state index contributed by atoms with van der Waals surface area (Å²) < 4.78 is 0. The molecule has 0 radical (unpaired) electrons. The molecular weight excluding hydrogens is 449 g/mol. The predicted octanol–water partition coefficient (Wildman–Crippen LogP) is 5.26. The molecule has 1 fully saturated rings. The number of amides is 2. The maximum Gasteiger partial charge on any atom is 0.257 e. The summed E-state index contributed by atoms with van der Waals surface area (Å²) in [6.45, 7) is 1.02. The van der Waals surface area contributed by atoms with E-state index < -0.39 is 0 Å². The van der Waals surface area contributed by atoms with Crippen molar-refractivity contribution in [3.05, 3.63) is 53.1 Å². The first-order chi connectivity index (χ1) is 14.6. The molecule has 1 aliphatic heterocycles. The maximum absolute atomic E-state index is 13.2. The van der Waals surface area contributed by atoms with Crippen LogP contribution in [-0.4, -0.2) is 29.9 Å². The molecular formula is C24H31Cl2N3O3. The van der Waals surface area contributed by atoms with E-state index in [1.165, 1.54) is 25.7 Å². The average Bonchev–Trinajstić information content (AvgIpc) is 3.22. The molecule has 0 saturated heterocycles. The van der Waals surface area contributed by atoms with E-state index in [4.69, 9.17) is 11.6 Å². The van der Waals surface area contributed by atoms with Crippen LogP contribution in [0.15, 0.2) is 42.5 Å². The highest BCUT2D eigenvalue weighted by Gasteiger charge is 2.29. The molecule has 2 aromatic rings. The van der Waals surface area contributed by atoms with Gasteiger partial charge in [-0.2, -0.15) is 0 Å². The Hall–Kier alpha value is -2.12. The van der Waals surface area contributed by atoms with Crippen molar-refractivity contribution in [2.75, 3.05) is 16.8 Å². The van der Waals surface area contributed by atoms with Gasteiger partial charge in [-0.15, -0.1) is 12.4 Å². The summed E-state index contributed by atoms with van der Waals surface area (Å²) in [4.78, 5) is 27.6. The van der Waals surface area contributed by atoms with Gasteiger partial charge in [0.1, 0.15) is 0 Å². The number of unbranched alkanes of at least 4 members (excludes halogenated alkanes) is 2. The fraction of sp³-hybridized carbons (Fsp3) is 0.417. The molecule has 4 N–H and O–H groups in total. The van der Waals surface area contributed by atoms with Crippen LogP contribution >= 0.6 is 24.0 Å². The Morgan fingerprint density at radius 1 is 1.06 bits per heavy atom. The number of hydrogen-bond donors (Lipinski definition) is 2. The molecule has 0 spiro atoms. The van der Waals surface area contributed by atoms with Crippen LogP contribution in [0.4, 0.5) is 17.1 Å². The number of rotatable bonds is 7. The number of para-hydroxylation sites is 1. The summed E-state index contributed by atoms with van der Waals surface area (Å²) in [5.41, 5.74) is 2.31. The Kier molecular flexibility index (Phi) is 9.97. The lowest BCUT2D eigenvalue weighted by molar-refractivity contribution is -0.118. The Labute approximate surface area is 200 Å². The van der Waals surface area contributed by atoms with Crippen LogP contribution in [0.5, 0.6) is 0 Å². The molecule has 174 valence electrons. The van der Waals surface area contributed by atoms with E-state index in [0.717, 1.165) is 25.8 Å². The molecule has 0 aromatic heterocycles. The average molecular weight is 480 g/mol. The Bertz CT molecular complexity index is 932. The zero-order chi connectivity index (χ0) is 20.9. The standard InChI is InChI=1S/C24H28ClN3O2.ClH.H2O/c25-17-13-14-22-20(16-17)27-24(30)19-10-5-6-11-21(19)28(22)23(29)12-2-1-7-15-26-18-8-3-4-9-18;;/h5-6,10-11,13-14,16,18,26H,1-4,7-9,12,15H2,(H,27,30);1H;1H2. The predicted molar refractivity (Wildman–Crippen MR) is 133 cm³/mol. The zero-order valence-corrected chi connectivity index (χ0v) is 19.6. The van der Waals surface area contributed by atoms with Gasteiger partial charge in [0, 0.05) is 17.5 Å². The summed E-state index contributed by atoms with van der Waals surface area (Å²) in [7, 11) is 0. The molecule has 0 unspecified atom stereocenters. The van der Waals surface area contributed by atoms with Crippen molar-refractivity contribution in [2.24, 2.45) is 0 Å². The molecule has 2 aliphatic rings. The number of carbonyl (C=O) groups excluding carboxylic acids is 2. The van der Waals surface area contributed by atoms with Gasteiger partial charge in [-0.25, -0.2) is 0 Å². The summed E-state index contributed by atoms with van der Waals surface area (Å²) >= 11 is 6.13. The third-order valence-electron chi connectivity index (χ3n) is 5.94. The molecule has 4 rings (SSSR count). The molecule has 1 saturated carbocycles. The number of carbonyl (C=O) groups is 2. The lowest BCUT2D eigenvalue weighted by Gasteiger charge is -2.24. The summed E-state index contributed by atoms with van der Waals surface area (Å²) in [6.07, 6.45) is 8.62. The lowest BCUT2D eigenvalue weighted by Crippen LogP contribution is -2.27. The lowest BCUT2D eigenvalue weighted by atomic mass is 10.1. The molecule has 32 heavy (non-hydrogen) atoms. The van der Waals surface area contributed by atoms with Crippen LogP contribution in [0.25, 0.3) is 0 Å². The first-order valence-corrected chi connectivity index (χ1v) is 11.3. The van der Waals surface area contributed by atoms with Gasteiger partial charge in [0.15, 0.2) is 0 Å². The Morgan fingerprint density at radius 2 is 1.81 bits per heavy atom. The number of benzene rings is 2. The van der Waals surface area contributed by atoms with Gasteiger partial charge in [0.25, 0.3) is 5.91 Å². The van der Waals surface area contributed by atoms with E-state index in [2.05, 4.69) is 10.6 Å². The molecule has 0 atom stereocenters. The molecule has 8 heteroatoms. The first-order valence-electron chi connectivity index (χ1n) is 10.9. The number of fused-ring (bicyclic) bond motifs is 2. The second kappa shape index (κ2) is 12.2. The number of hydrogen-bond acceptors (Lipinski definition) is 3. The van der Waals surface area contributed by atoms with Crippen LogP contribution in [0.1, 0.15) is 61.7 Å². The summed E-state index contributed by atoms with van der Waals surface area (Å²) in [5, 5.41) is 7.03. The third kappa shape index (κ3) is 6.01. The number of anilines is 3. The van der Waals surface area contributed by atoms with E-state index in [-0.39, 0.29) is 29.7 Å². The molecule has 1 aliphatic carbocycles. The van der Waals surface area contributed by atoms with Crippen molar-refractivity contribution in [2.45, 2.75) is 57.4 Å². The highest BCUT2D eigenvalue weighted by Crippen LogP contribution is 2.39. The van der Waals surface area contributed by atoms with E-state index in [9.17, 15) is 9.59 Å². The molecule has 6 nitrogen and oxygen atoms in total. The van der Waals surface area contributed by atoms with Crippen LogP contribution in [0.3, 0.4) is 0 Å². The molecule has 1 heterocycles. The quantitative estimate of drug-likeness (QED) is 0.530. The number of nitrogens with zero attached hydrogens (tertiary/aromatic N) is 1. The van der Waals surface area contributed by atoms with E-state index in [0.29, 0.717) is 40.1 Å². The summed E-state index contributed by atoms with van der Waals surface area (Å²) in [5.74, 6) is -0.242. The fourth-order valence-corrected chi connectivity index (χ4v) is 4.55. The monoisotopic (exact) mass is 479 g/mol. The zero-order valence-electron chi connectivity index (χ0n) is 18.0. The Morgan fingerprint density at radius 3 is 2.59 bits per heavy atom. The van der Waals surface area contributed by atoms with Crippen LogP contribution in [-0.2, 0) is 4.79 Å². The van der Waals surface area contributed by atoms with Crippen LogP contribution < -0.4 is 15.5 Å². The third-order valence-corrected chi connectivity index (χ3v) is 6.18. The van der Waals surface area contributed by atoms with Crippen molar-refractivity contribution in [3.63, 3.8) is 0 Å². The van der Waals surface area contributed by atoms with E-state index in [1.54, 1.807) is 35.2 Å². The highest BCUT2D eigenvalue weighted by atomic mass is 35.5.